The Morgan fingerprint density at radius 2 is 1.42 bits per heavy atom. The van der Waals surface area contributed by atoms with E-state index in [1.165, 1.54) is 0 Å². The predicted molar refractivity (Wildman–Crippen MR) is 93.9 cm³/mol. The van der Waals surface area contributed by atoms with Crippen molar-refractivity contribution in [1.29, 1.82) is 0 Å². The third-order valence-corrected chi connectivity index (χ3v) is 3.82. The molecule has 4 aromatic rings. The number of aromatic nitrogens is 2. The summed E-state index contributed by atoms with van der Waals surface area (Å²) in [5, 5.41) is 19.1. The standard InChI is InChI=1S/C18H12N4O4/c19-18-21-20-16(26-18)15-13(11-7-3-1-4-8-11)14(17(25-15)22(23)24)12-9-5-2-6-10-12/h1-10H,(H2,19,21). The van der Waals surface area contributed by atoms with Crippen LogP contribution in [-0.2, 0) is 0 Å². The summed E-state index contributed by atoms with van der Waals surface area (Å²) in [6.45, 7) is 0. The summed E-state index contributed by atoms with van der Waals surface area (Å²) in [5.41, 5.74) is 7.70. The molecule has 26 heavy (non-hydrogen) atoms. The van der Waals surface area contributed by atoms with Crippen LogP contribution in [0, 0.1) is 10.1 Å². The lowest BCUT2D eigenvalue weighted by atomic mass is 9.96. The van der Waals surface area contributed by atoms with Crippen molar-refractivity contribution >= 4 is 11.9 Å². The highest BCUT2D eigenvalue weighted by Crippen LogP contribution is 2.47. The zero-order valence-corrected chi connectivity index (χ0v) is 13.3. The number of rotatable bonds is 4. The summed E-state index contributed by atoms with van der Waals surface area (Å²) in [5.74, 6) is -0.320. The van der Waals surface area contributed by atoms with E-state index in [4.69, 9.17) is 14.6 Å². The van der Waals surface area contributed by atoms with Crippen LogP contribution in [0.25, 0.3) is 33.9 Å². The summed E-state index contributed by atoms with van der Waals surface area (Å²) in [4.78, 5) is 11.1. The molecule has 0 radical (unpaired) electrons. The lowest BCUT2D eigenvalue weighted by Gasteiger charge is -2.04. The van der Waals surface area contributed by atoms with E-state index in [2.05, 4.69) is 10.2 Å². The molecule has 2 heterocycles. The molecule has 0 amide bonds. The Bertz CT molecular complexity index is 1070. The minimum absolute atomic E-state index is 0.0216. The molecule has 0 saturated carbocycles. The average Bonchev–Trinajstić information content (AvgIpc) is 3.27. The lowest BCUT2D eigenvalue weighted by Crippen LogP contribution is -1.89. The maximum Gasteiger partial charge on any atom is 0.442 e. The van der Waals surface area contributed by atoms with Gasteiger partial charge in [-0.15, -0.1) is 5.10 Å². The number of nitro groups is 1. The zero-order valence-electron chi connectivity index (χ0n) is 13.3. The van der Waals surface area contributed by atoms with Crippen molar-refractivity contribution in [2.75, 3.05) is 5.73 Å². The van der Waals surface area contributed by atoms with E-state index in [0.29, 0.717) is 16.7 Å². The third kappa shape index (κ3) is 2.59. The number of furan rings is 1. The maximum atomic E-state index is 11.6. The van der Waals surface area contributed by atoms with E-state index < -0.39 is 10.8 Å². The van der Waals surface area contributed by atoms with Gasteiger partial charge < -0.3 is 14.6 Å². The molecule has 0 aliphatic rings. The van der Waals surface area contributed by atoms with Crippen molar-refractivity contribution in [2.45, 2.75) is 0 Å². The quantitative estimate of drug-likeness (QED) is 0.434. The number of benzene rings is 2. The molecule has 0 spiro atoms. The second-order valence-electron chi connectivity index (χ2n) is 5.42. The van der Waals surface area contributed by atoms with Gasteiger partial charge in [0, 0.05) is 5.56 Å². The molecule has 8 nitrogen and oxygen atoms in total. The second kappa shape index (κ2) is 6.17. The predicted octanol–water partition coefficient (Wildman–Crippen LogP) is 4.15. The molecular formula is C18H12N4O4. The smallest absolute Gasteiger partial charge is 0.400 e. The minimum atomic E-state index is -0.571. The van der Waals surface area contributed by atoms with Crippen molar-refractivity contribution in [2.24, 2.45) is 0 Å². The summed E-state index contributed by atoms with van der Waals surface area (Å²) in [7, 11) is 0. The van der Waals surface area contributed by atoms with Crippen molar-refractivity contribution in [3.05, 3.63) is 70.8 Å². The molecule has 0 unspecified atom stereocenters. The molecule has 0 atom stereocenters. The van der Waals surface area contributed by atoms with Crippen LogP contribution in [-0.4, -0.2) is 15.1 Å². The third-order valence-electron chi connectivity index (χ3n) is 3.82. The maximum absolute atomic E-state index is 11.6. The Morgan fingerprint density at radius 3 is 1.92 bits per heavy atom. The van der Waals surface area contributed by atoms with E-state index in [1.807, 2.05) is 36.4 Å². The summed E-state index contributed by atoms with van der Waals surface area (Å²) >= 11 is 0. The van der Waals surface area contributed by atoms with E-state index in [9.17, 15) is 10.1 Å². The van der Waals surface area contributed by atoms with Gasteiger partial charge in [0.05, 0.1) is 0 Å². The first-order chi connectivity index (χ1) is 12.6. The van der Waals surface area contributed by atoms with E-state index >= 15 is 0 Å². The molecule has 4 rings (SSSR count). The number of hydrogen-bond donors (Lipinski definition) is 1. The van der Waals surface area contributed by atoms with Gasteiger partial charge in [-0.05, 0) is 11.1 Å². The summed E-state index contributed by atoms with van der Waals surface area (Å²) in [6, 6.07) is 18.0. The highest BCUT2D eigenvalue weighted by molar-refractivity contribution is 5.95. The molecule has 0 aliphatic heterocycles. The molecular weight excluding hydrogens is 336 g/mol. The molecule has 0 fully saturated rings. The Labute approximate surface area is 147 Å². The van der Waals surface area contributed by atoms with Crippen LogP contribution in [0.2, 0.25) is 0 Å². The van der Waals surface area contributed by atoms with Crippen LogP contribution in [0.4, 0.5) is 11.9 Å². The number of nitrogen functional groups attached to an aromatic ring is 1. The van der Waals surface area contributed by atoms with Crippen LogP contribution < -0.4 is 5.73 Å². The van der Waals surface area contributed by atoms with Crippen LogP contribution in [0.15, 0.2) is 69.5 Å². The molecule has 2 aromatic heterocycles. The van der Waals surface area contributed by atoms with Gasteiger partial charge in [0.15, 0.2) is 0 Å². The molecule has 128 valence electrons. The summed E-state index contributed by atoms with van der Waals surface area (Å²) < 4.78 is 10.8. The van der Waals surface area contributed by atoms with E-state index in [-0.39, 0.29) is 17.7 Å². The van der Waals surface area contributed by atoms with Gasteiger partial charge in [0.1, 0.15) is 10.5 Å². The number of hydrogen-bond acceptors (Lipinski definition) is 7. The van der Waals surface area contributed by atoms with Gasteiger partial charge in [-0.3, -0.25) is 10.1 Å². The zero-order chi connectivity index (χ0) is 18.1. The van der Waals surface area contributed by atoms with Crippen molar-refractivity contribution in [3.8, 4) is 33.9 Å². The van der Waals surface area contributed by atoms with Crippen LogP contribution in [0.3, 0.4) is 0 Å². The SMILES string of the molecule is Nc1nnc(-c2oc([N+](=O)[O-])c(-c3ccccc3)c2-c2ccccc2)o1. The van der Waals surface area contributed by atoms with Gasteiger partial charge in [0.2, 0.25) is 5.76 Å². The van der Waals surface area contributed by atoms with Crippen molar-refractivity contribution in [3.63, 3.8) is 0 Å². The normalized spacial score (nSPS) is 10.8. The Morgan fingerprint density at radius 1 is 0.846 bits per heavy atom. The van der Waals surface area contributed by atoms with Gasteiger partial charge in [-0.1, -0.05) is 65.8 Å². The van der Waals surface area contributed by atoms with Gasteiger partial charge in [0.25, 0.3) is 5.89 Å². The molecule has 8 heteroatoms. The molecule has 0 aliphatic carbocycles. The highest BCUT2D eigenvalue weighted by atomic mass is 16.6. The first kappa shape index (κ1) is 15.6. The molecule has 2 aromatic carbocycles. The first-order valence-electron chi connectivity index (χ1n) is 7.66. The second-order valence-corrected chi connectivity index (χ2v) is 5.42. The topological polar surface area (TPSA) is 121 Å². The van der Waals surface area contributed by atoms with Gasteiger partial charge >= 0.3 is 11.9 Å². The lowest BCUT2D eigenvalue weighted by molar-refractivity contribution is -0.401. The van der Waals surface area contributed by atoms with Crippen molar-refractivity contribution in [1.82, 2.24) is 10.2 Å². The van der Waals surface area contributed by atoms with Gasteiger partial charge in [-0.2, -0.15) is 0 Å². The average molecular weight is 348 g/mol. The Balaban J connectivity index is 2.09. The minimum Gasteiger partial charge on any atom is -0.400 e. The van der Waals surface area contributed by atoms with Crippen LogP contribution >= 0.6 is 0 Å². The number of anilines is 1. The monoisotopic (exact) mass is 348 g/mol. The Hall–Kier alpha value is -3.94. The fourth-order valence-electron chi connectivity index (χ4n) is 2.78. The van der Waals surface area contributed by atoms with E-state index in [1.54, 1.807) is 24.3 Å². The Kier molecular flexibility index (Phi) is 3.70. The number of nitrogens with two attached hydrogens (primary N) is 1. The van der Waals surface area contributed by atoms with Gasteiger partial charge in [-0.25, -0.2) is 0 Å². The van der Waals surface area contributed by atoms with Crippen LogP contribution in [0.1, 0.15) is 0 Å². The van der Waals surface area contributed by atoms with Crippen LogP contribution in [0.5, 0.6) is 0 Å². The highest BCUT2D eigenvalue weighted by Gasteiger charge is 2.33. The molecule has 2 N–H and O–H groups in total. The molecule has 0 saturated heterocycles. The molecule has 0 bridgehead atoms. The fourth-order valence-corrected chi connectivity index (χ4v) is 2.78. The summed E-state index contributed by atoms with van der Waals surface area (Å²) in [6.07, 6.45) is 0. The number of nitrogens with zero attached hydrogens (tertiary/aromatic N) is 3. The fraction of sp³-hybridized carbons (Fsp3) is 0. The van der Waals surface area contributed by atoms with E-state index in [0.717, 1.165) is 5.56 Å². The van der Waals surface area contributed by atoms with Crippen molar-refractivity contribution < 1.29 is 13.8 Å². The largest absolute Gasteiger partial charge is 0.442 e. The first-order valence-corrected chi connectivity index (χ1v) is 7.66.